The lowest BCUT2D eigenvalue weighted by Gasteiger charge is -2.24. The number of likely N-dealkylation sites (N-methyl/N-ethyl adjacent to an activating group) is 1. The van der Waals surface area contributed by atoms with Crippen LogP contribution in [-0.4, -0.2) is 49.2 Å². The minimum atomic E-state index is -0.773. The molecule has 0 aliphatic heterocycles. The molecule has 0 rings (SSSR count). The summed E-state index contributed by atoms with van der Waals surface area (Å²) in [4.78, 5) is 13.0. The van der Waals surface area contributed by atoms with Gasteiger partial charge >= 0.3 is 5.97 Å². The van der Waals surface area contributed by atoms with Gasteiger partial charge in [0.15, 0.2) is 0 Å². The first-order valence-corrected chi connectivity index (χ1v) is 4.99. The summed E-state index contributed by atoms with van der Waals surface area (Å²) in [5.41, 5.74) is -0.772. The molecule has 14 heavy (non-hydrogen) atoms. The Bertz CT molecular complexity index is 183. The van der Waals surface area contributed by atoms with E-state index in [0.29, 0.717) is 6.42 Å². The molecule has 84 valence electrons. The van der Waals surface area contributed by atoms with Gasteiger partial charge < -0.3 is 15.3 Å². The van der Waals surface area contributed by atoms with E-state index >= 15 is 0 Å². The van der Waals surface area contributed by atoms with Crippen LogP contribution in [-0.2, 0) is 4.79 Å². The molecule has 0 aromatic heterocycles. The summed E-state index contributed by atoms with van der Waals surface area (Å²) in [5, 5.41) is 11.8. The van der Waals surface area contributed by atoms with Crippen LogP contribution in [0.2, 0.25) is 0 Å². The fraction of sp³-hybridized carbons (Fsp3) is 0.900. The summed E-state index contributed by atoms with van der Waals surface area (Å²) in [5.74, 6) is -0.773. The van der Waals surface area contributed by atoms with Gasteiger partial charge in [-0.3, -0.25) is 4.79 Å². The highest BCUT2D eigenvalue weighted by atomic mass is 16.4. The van der Waals surface area contributed by atoms with Crippen molar-refractivity contribution >= 4 is 5.97 Å². The topological polar surface area (TPSA) is 52.6 Å². The fourth-order valence-electron chi connectivity index (χ4n) is 1.25. The van der Waals surface area contributed by atoms with Crippen LogP contribution in [0.5, 0.6) is 0 Å². The van der Waals surface area contributed by atoms with E-state index in [9.17, 15) is 4.79 Å². The largest absolute Gasteiger partial charge is 0.480 e. The summed E-state index contributed by atoms with van der Waals surface area (Å²) < 4.78 is 0. The summed E-state index contributed by atoms with van der Waals surface area (Å²) in [6, 6.07) is 0. The third-order valence-corrected chi connectivity index (χ3v) is 2.56. The third kappa shape index (κ3) is 4.58. The minimum absolute atomic E-state index is 0.673. The zero-order chi connectivity index (χ0) is 11.2. The zero-order valence-electron chi connectivity index (χ0n) is 9.63. The first kappa shape index (κ1) is 13.4. The first-order chi connectivity index (χ1) is 6.42. The number of carboxylic acids is 1. The quantitative estimate of drug-likeness (QED) is 0.599. The molecule has 0 unspecified atom stereocenters. The second-order valence-corrected chi connectivity index (χ2v) is 4.15. The number of carbonyl (C=O) groups is 1. The van der Waals surface area contributed by atoms with Gasteiger partial charge in [0.2, 0.25) is 0 Å². The average Bonchev–Trinajstić information content (AvgIpc) is 2.11. The molecule has 0 aliphatic carbocycles. The van der Waals surface area contributed by atoms with Gasteiger partial charge in [0.05, 0.1) is 0 Å². The van der Waals surface area contributed by atoms with Crippen molar-refractivity contribution in [1.29, 1.82) is 0 Å². The van der Waals surface area contributed by atoms with Crippen LogP contribution in [0.1, 0.15) is 26.2 Å². The molecule has 1 atom stereocenters. The highest BCUT2D eigenvalue weighted by molar-refractivity contribution is 5.78. The first-order valence-electron chi connectivity index (χ1n) is 4.99. The molecule has 2 N–H and O–H groups in total. The van der Waals surface area contributed by atoms with Crippen molar-refractivity contribution in [1.82, 2.24) is 10.2 Å². The molecule has 0 saturated heterocycles. The van der Waals surface area contributed by atoms with Crippen LogP contribution in [0.25, 0.3) is 0 Å². The molecule has 0 radical (unpaired) electrons. The Kier molecular flexibility index (Phi) is 5.72. The van der Waals surface area contributed by atoms with Crippen molar-refractivity contribution in [2.75, 3.05) is 27.7 Å². The molecule has 0 spiro atoms. The van der Waals surface area contributed by atoms with Gasteiger partial charge in [-0.15, -0.1) is 0 Å². The number of hydrogen-bond acceptors (Lipinski definition) is 3. The van der Waals surface area contributed by atoms with Crippen molar-refractivity contribution in [2.45, 2.75) is 31.7 Å². The zero-order valence-corrected chi connectivity index (χ0v) is 9.63. The second kappa shape index (κ2) is 5.98. The molecule has 0 aliphatic rings. The number of hydrogen-bond donors (Lipinski definition) is 2. The Hall–Kier alpha value is -0.610. The third-order valence-electron chi connectivity index (χ3n) is 2.56. The number of rotatable bonds is 7. The molecule has 0 bridgehead atoms. The summed E-state index contributed by atoms with van der Waals surface area (Å²) >= 11 is 0. The van der Waals surface area contributed by atoms with E-state index in [0.717, 1.165) is 19.4 Å². The van der Waals surface area contributed by atoms with Crippen LogP contribution in [0.4, 0.5) is 0 Å². The van der Waals surface area contributed by atoms with Crippen molar-refractivity contribution < 1.29 is 9.90 Å². The number of nitrogens with zero attached hydrogens (tertiary/aromatic N) is 1. The maximum Gasteiger partial charge on any atom is 0.323 e. The highest BCUT2D eigenvalue weighted by Crippen LogP contribution is 2.13. The molecule has 4 heteroatoms. The normalized spacial score (nSPS) is 15.5. The van der Waals surface area contributed by atoms with Crippen LogP contribution in [0, 0.1) is 0 Å². The summed E-state index contributed by atoms with van der Waals surface area (Å²) in [6.45, 7) is 2.74. The van der Waals surface area contributed by atoms with Crippen molar-refractivity contribution in [3.8, 4) is 0 Å². The Labute approximate surface area is 86.3 Å². The van der Waals surface area contributed by atoms with E-state index in [1.807, 2.05) is 14.1 Å². The number of carboxylic acid groups (broad SMARTS) is 1. The molecule has 0 heterocycles. The average molecular weight is 202 g/mol. The molecule has 0 amide bonds. The lowest BCUT2D eigenvalue weighted by Crippen LogP contribution is -2.47. The molecule has 0 aromatic carbocycles. The van der Waals surface area contributed by atoms with Crippen LogP contribution in [0.3, 0.4) is 0 Å². The highest BCUT2D eigenvalue weighted by Gasteiger charge is 2.29. The van der Waals surface area contributed by atoms with Crippen molar-refractivity contribution in [3.63, 3.8) is 0 Å². The number of unbranched alkanes of at least 4 members (excludes halogenated alkanes) is 1. The van der Waals surface area contributed by atoms with Crippen LogP contribution >= 0.6 is 0 Å². The summed E-state index contributed by atoms with van der Waals surface area (Å²) in [6.07, 6.45) is 2.64. The van der Waals surface area contributed by atoms with Crippen LogP contribution < -0.4 is 5.32 Å². The Balaban J connectivity index is 3.79. The number of aliphatic carboxylic acids is 1. The monoisotopic (exact) mass is 202 g/mol. The van der Waals surface area contributed by atoms with E-state index < -0.39 is 11.5 Å². The van der Waals surface area contributed by atoms with E-state index in [1.165, 1.54) is 0 Å². The van der Waals surface area contributed by atoms with E-state index in [4.69, 9.17) is 5.11 Å². The maximum absolute atomic E-state index is 10.9. The lowest BCUT2D eigenvalue weighted by molar-refractivity contribution is -0.144. The van der Waals surface area contributed by atoms with Gasteiger partial charge in [-0.2, -0.15) is 0 Å². The Morgan fingerprint density at radius 3 is 2.36 bits per heavy atom. The van der Waals surface area contributed by atoms with Crippen molar-refractivity contribution in [3.05, 3.63) is 0 Å². The molecule has 4 nitrogen and oxygen atoms in total. The maximum atomic E-state index is 10.9. The fourth-order valence-corrected chi connectivity index (χ4v) is 1.25. The van der Waals surface area contributed by atoms with Crippen molar-refractivity contribution in [2.24, 2.45) is 0 Å². The van der Waals surface area contributed by atoms with Crippen LogP contribution in [0.15, 0.2) is 0 Å². The van der Waals surface area contributed by atoms with Gasteiger partial charge in [0, 0.05) is 0 Å². The van der Waals surface area contributed by atoms with Gasteiger partial charge in [-0.05, 0) is 53.9 Å². The molecule has 0 aromatic rings. The predicted molar refractivity (Wildman–Crippen MR) is 57.5 cm³/mol. The smallest absolute Gasteiger partial charge is 0.323 e. The summed E-state index contributed by atoms with van der Waals surface area (Å²) in [7, 11) is 5.74. The van der Waals surface area contributed by atoms with E-state index in [1.54, 1.807) is 14.0 Å². The second-order valence-electron chi connectivity index (χ2n) is 4.15. The lowest BCUT2D eigenvalue weighted by atomic mass is 9.95. The van der Waals surface area contributed by atoms with E-state index in [2.05, 4.69) is 10.2 Å². The van der Waals surface area contributed by atoms with Gasteiger partial charge in [0.25, 0.3) is 0 Å². The molecular weight excluding hydrogens is 180 g/mol. The van der Waals surface area contributed by atoms with Gasteiger partial charge in [-0.1, -0.05) is 0 Å². The SMILES string of the molecule is CN[C@@](C)(CCCCN(C)C)C(=O)O. The minimum Gasteiger partial charge on any atom is -0.480 e. The Morgan fingerprint density at radius 2 is 2.00 bits per heavy atom. The molecule has 0 saturated carbocycles. The van der Waals surface area contributed by atoms with E-state index in [-0.39, 0.29) is 0 Å². The molecular formula is C10H22N2O2. The number of nitrogens with one attached hydrogen (secondary N) is 1. The van der Waals surface area contributed by atoms with Gasteiger partial charge in [-0.25, -0.2) is 0 Å². The molecule has 0 fully saturated rings. The Morgan fingerprint density at radius 1 is 1.43 bits per heavy atom. The van der Waals surface area contributed by atoms with Gasteiger partial charge in [0.1, 0.15) is 5.54 Å². The predicted octanol–water partition coefficient (Wildman–Crippen LogP) is 0.781. The standard InChI is InChI=1S/C10H22N2O2/c1-10(11-2,9(13)14)7-5-6-8-12(3)4/h11H,5-8H2,1-4H3,(H,13,14)/t10-/m0/s1.